The van der Waals surface area contributed by atoms with Crippen molar-refractivity contribution < 1.29 is 14.3 Å². The number of rotatable bonds is 3. The third-order valence-corrected chi connectivity index (χ3v) is 2.96. The summed E-state index contributed by atoms with van der Waals surface area (Å²) >= 11 is 0. The minimum absolute atomic E-state index is 0.0655. The summed E-state index contributed by atoms with van der Waals surface area (Å²) in [7, 11) is 0. The number of carbonyl (C=O) groups excluding carboxylic acids is 1. The van der Waals surface area contributed by atoms with E-state index in [9.17, 15) is 4.79 Å². The topological polar surface area (TPSA) is 35.5 Å². The zero-order valence-corrected chi connectivity index (χ0v) is 10.5. The van der Waals surface area contributed by atoms with Crippen LogP contribution >= 0.6 is 0 Å². The summed E-state index contributed by atoms with van der Waals surface area (Å²) in [6, 6.07) is 9.66. The summed E-state index contributed by atoms with van der Waals surface area (Å²) in [5, 5.41) is 0. The van der Waals surface area contributed by atoms with Crippen molar-refractivity contribution in [2.75, 3.05) is 6.61 Å². The number of hydrogen-bond donors (Lipinski definition) is 0. The Labute approximate surface area is 107 Å². The summed E-state index contributed by atoms with van der Waals surface area (Å²) < 4.78 is 10.8. The highest BCUT2D eigenvalue weighted by Gasteiger charge is 2.26. The molecule has 2 rings (SSSR count). The van der Waals surface area contributed by atoms with Crippen LogP contribution in [0.15, 0.2) is 42.5 Å². The van der Waals surface area contributed by atoms with E-state index in [2.05, 4.69) is 6.08 Å². The minimum atomic E-state index is -0.479. The lowest BCUT2D eigenvalue weighted by Crippen LogP contribution is -2.31. The Hall–Kier alpha value is -1.61. The number of hydrogen-bond acceptors (Lipinski definition) is 3. The Morgan fingerprint density at radius 1 is 1.39 bits per heavy atom. The van der Waals surface area contributed by atoms with Crippen LogP contribution in [0.3, 0.4) is 0 Å². The molecule has 1 heterocycles. The maximum Gasteiger partial charge on any atom is 0.336 e. The molecule has 3 heteroatoms. The second kappa shape index (κ2) is 6.36. The first-order chi connectivity index (χ1) is 8.77. The zero-order valence-electron chi connectivity index (χ0n) is 10.5. The molecule has 1 aromatic rings. The van der Waals surface area contributed by atoms with Gasteiger partial charge in [-0.25, -0.2) is 4.79 Å². The lowest BCUT2D eigenvalue weighted by molar-refractivity contribution is -0.160. The van der Waals surface area contributed by atoms with E-state index in [0.29, 0.717) is 13.2 Å². The van der Waals surface area contributed by atoms with Gasteiger partial charge in [-0.1, -0.05) is 49.4 Å². The molecule has 0 aliphatic carbocycles. The van der Waals surface area contributed by atoms with Crippen LogP contribution < -0.4 is 0 Å². The van der Waals surface area contributed by atoms with Crippen LogP contribution in [-0.2, 0) is 20.9 Å². The van der Waals surface area contributed by atoms with E-state index in [1.807, 2.05) is 43.3 Å². The molecule has 3 nitrogen and oxygen atoms in total. The van der Waals surface area contributed by atoms with Crippen LogP contribution in [0.5, 0.6) is 0 Å². The third kappa shape index (κ3) is 3.44. The van der Waals surface area contributed by atoms with Gasteiger partial charge in [0.1, 0.15) is 6.61 Å². The molecule has 1 aromatic carbocycles. The SMILES string of the molecule is C[C@@H]1C=CCCO[C@@H]1C(=O)OCc1ccccc1. The van der Waals surface area contributed by atoms with E-state index in [1.165, 1.54) is 0 Å². The Bertz CT molecular complexity index is 411. The van der Waals surface area contributed by atoms with Gasteiger partial charge in [-0.2, -0.15) is 0 Å². The van der Waals surface area contributed by atoms with Gasteiger partial charge in [0.25, 0.3) is 0 Å². The monoisotopic (exact) mass is 246 g/mol. The quantitative estimate of drug-likeness (QED) is 0.607. The lowest BCUT2D eigenvalue weighted by Gasteiger charge is -2.18. The third-order valence-electron chi connectivity index (χ3n) is 2.96. The molecule has 0 amide bonds. The Balaban J connectivity index is 1.89. The predicted molar refractivity (Wildman–Crippen MR) is 68.9 cm³/mol. The number of ether oxygens (including phenoxy) is 2. The van der Waals surface area contributed by atoms with Crippen molar-refractivity contribution in [3.8, 4) is 0 Å². The maximum absolute atomic E-state index is 12.0. The molecule has 0 unspecified atom stereocenters. The molecule has 0 radical (unpaired) electrons. The van der Waals surface area contributed by atoms with Gasteiger partial charge in [0.05, 0.1) is 6.61 Å². The van der Waals surface area contributed by atoms with Crippen LogP contribution in [-0.4, -0.2) is 18.7 Å². The second-order valence-electron chi connectivity index (χ2n) is 4.46. The first kappa shape index (κ1) is 12.8. The van der Waals surface area contributed by atoms with Crippen molar-refractivity contribution in [1.82, 2.24) is 0 Å². The van der Waals surface area contributed by atoms with Crippen LogP contribution in [0.25, 0.3) is 0 Å². The zero-order chi connectivity index (χ0) is 12.8. The molecule has 2 atom stereocenters. The van der Waals surface area contributed by atoms with Gasteiger partial charge in [-0.3, -0.25) is 0 Å². The fraction of sp³-hybridized carbons (Fsp3) is 0.400. The maximum atomic E-state index is 12.0. The second-order valence-corrected chi connectivity index (χ2v) is 4.46. The predicted octanol–water partition coefficient (Wildman–Crippen LogP) is 2.71. The smallest absolute Gasteiger partial charge is 0.336 e. The molecular formula is C15H18O3. The molecule has 1 aliphatic heterocycles. The summed E-state index contributed by atoms with van der Waals surface area (Å²) in [6.07, 6.45) is 4.44. The molecule has 18 heavy (non-hydrogen) atoms. The first-order valence-electron chi connectivity index (χ1n) is 6.26. The number of carbonyl (C=O) groups is 1. The minimum Gasteiger partial charge on any atom is -0.459 e. The summed E-state index contributed by atoms with van der Waals surface area (Å²) in [5.74, 6) is -0.214. The van der Waals surface area contributed by atoms with E-state index >= 15 is 0 Å². The molecule has 0 saturated heterocycles. The highest BCUT2D eigenvalue weighted by Crippen LogP contribution is 2.16. The Morgan fingerprint density at radius 3 is 2.94 bits per heavy atom. The van der Waals surface area contributed by atoms with Gasteiger partial charge in [-0.05, 0) is 12.0 Å². The molecule has 0 N–H and O–H groups in total. The molecule has 96 valence electrons. The highest BCUT2D eigenvalue weighted by atomic mass is 16.6. The van der Waals surface area contributed by atoms with Crippen molar-refractivity contribution in [3.05, 3.63) is 48.0 Å². The summed E-state index contributed by atoms with van der Waals surface area (Å²) in [6.45, 7) is 2.85. The van der Waals surface area contributed by atoms with Crippen molar-refractivity contribution in [1.29, 1.82) is 0 Å². The van der Waals surface area contributed by atoms with Gasteiger partial charge in [0.15, 0.2) is 6.10 Å². The van der Waals surface area contributed by atoms with Gasteiger partial charge in [0, 0.05) is 5.92 Å². The van der Waals surface area contributed by atoms with Crippen molar-refractivity contribution in [3.63, 3.8) is 0 Å². The van der Waals surface area contributed by atoms with Crippen molar-refractivity contribution >= 4 is 5.97 Å². The highest BCUT2D eigenvalue weighted by molar-refractivity contribution is 5.75. The van der Waals surface area contributed by atoms with Gasteiger partial charge in [-0.15, -0.1) is 0 Å². The van der Waals surface area contributed by atoms with E-state index in [-0.39, 0.29) is 11.9 Å². The van der Waals surface area contributed by atoms with Gasteiger partial charge < -0.3 is 9.47 Å². The van der Waals surface area contributed by atoms with Crippen LogP contribution in [0, 0.1) is 5.92 Å². The number of esters is 1. The lowest BCUT2D eigenvalue weighted by atomic mass is 10.0. The van der Waals surface area contributed by atoms with E-state index in [1.54, 1.807) is 0 Å². The molecule has 0 saturated carbocycles. The largest absolute Gasteiger partial charge is 0.459 e. The standard InChI is InChI=1S/C15H18O3/c1-12-7-5-6-10-17-14(12)15(16)18-11-13-8-3-2-4-9-13/h2-5,7-9,12,14H,6,10-11H2,1H3/t12-,14+/m1/s1. The average molecular weight is 246 g/mol. The molecular weight excluding hydrogens is 228 g/mol. The Morgan fingerprint density at radius 2 is 2.17 bits per heavy atom. The van der Waals surface area contributed by atoms with E-state index < -0.39 is 6.10 Å². The van der Waals surface area contributed by atoms with E-state index in [0.717, 1.165) is 12.0 Å². The van der Waals surface area contributed by atoms with E-state index in [4.69, 9.17) is 9.47 Å². The Kier molecular flexibility index (Phi) is 4.53. The molecule has 0 fully saturated rings. The fourth-order valence-corrected chi connectivity index (χ4v) is 1.92. The van der Waals surface area contributed by atoms with Crippen LogP contribution in [0.1, 0.15) is 18.9 Å². The van der Waals surface area contributed by atoms with Crippen LogP contribution in [0.4, 0.5) is 0 Å². The first-order valence-corrected chi connectivity index (χ1v) is 6.26. The molecule has 0 bridgehead atoms. The van der Waals surface area contributed by atoms with Crippen molar-refractivity contribution in [2.24, 2.45) is 5.92 Å². The van der Waals surface area contributed by atoms with Crippen LogP contribution in [0.2, 0.25) is 0 Å². The van der Waals surface area contributed by atoms with Gasteiger partial charge >= 0.3 is 5.97 Å². The average Bonchev–Trinajstić information content (AvgIpc) is 2.62. The summed E-state index contributed by atoms with van der Waals surface area (Å²) in [4.78, 5) is 12.0. The molecule has 0 spiro atoms. The molecule has 1 aliphatic rings. The van der Waals surface area contributed by atoms with Gasteiger partial charge in [0.2, 0.25) is 0 Å². The fourth-order valence-electron chi connectivity index (χ4n) is 1.92. The molecule has 0 aromatic heterocycles. The summed E-state index contributed by atoms with van der Waals surface area (Å²) in [5.41, 5.74) is 0.989. The number of benzene rings is 1. The normalized spacial score (nSPS) is 23.4. The van der Waals surface area contributed by atoms with Crippen molar-refractivity contribution in [2.45, 2.75) is 26.1 Å².